The Labute approximate surface area is 109 Å². The number of nitrogens with two attached hydrogens (primary N) is 1. The van der Waals surface area contributed by atoms with Gasteiger partial charge in [-0.05, 0) is 18.8 Å². The molecule has 3 atom stereocenters. The van der Waals surface area contributed by atoms with Crippen LogP contribution in [-0.4, -0.2) is 55.2 Å². The summed E-state index contributed by atoms with van der Waals surface area (Å²) in [5, 5.41) is 3.26. The van der Waals surface area contributed by atoms with Crippen LogP contribution in [0.15, 0.2) is 0 Å². The lowest BCUT2D eigenvalue weighted by Crippen LogP contribution is -2.61. The van der Waals surface area contributed by atoms with Crippen molar-refractivity contribution in [3.05, 3.63) is 0 Å². The second kappa shape index (κ2) is 5.15. The minimum absolute atomic E-state index is 0.00727. The summed E-state index contributed by atoms with van der Waals surface area (Å²) in [5.74, 6) is 0.155. The first-order chi connectivity index (χ1) is 8.42. The number of likely N-dealkylation sites (tertiary alicyclic amines) is 1. The summed E-state index contributed by atoms with van der Waals surface area (Å²) in [7, 11) is 0. The van der Waals surface area contributed by atoms with Crippen molar-refractivity contribution < 1.29 is 9.53 Å². The molecule has 2 saturated heterocycles. The number of piperidine rings is 1. The number of hydrogen-bond acceptors (Lipinski definition) is 4. The Morgan fingerprint density at radius 1 is 1.50 bits per heavy atom. The fourth-order valence-corrected chi connectivity index (χ4v) is 2.77. The average Bonchev–Trinajstić information content (AvgIpc) is 2.32. The molecule has 104 valence electrons. The number of carbonyl (C=O) groups excluding carboxylic acids is 1. The standard InChI is InChI=1S/C13H25N3O2/c1-9-11(15-5-7-18-9)12(17)16-6-4-10(14)13(2,3)8-16/h9-11,15H,4-8,14H2,1-3H3/t9-,10?,11+/m1/s1. The SMILES string of the molecule is C[C@H]1OCCN[C@@H]1C(=O)N1CCC(N)C(C)(C)C1. The van der Waals surface area contributed by atoms with Gasteiger partial charge in [-0.3, -0.25) is 4.79 Å². The highest BCUT2D eigenvalue weighted by Gasteiger charge is 2.39. The van der Waals surface area contributed by atoms with Crippen molar-refractivity contribution in [2.24, 2.45) is 11.1 Å². The molecule has 0 bridgehead atoms. The van der Waals surface area contributed by atoms with Crippen LogP contribution in [0.4, 0.5) is 0 Å². The van der Waals surface area contributed by atoms with E-state index in [1.165, 1.54) is 0 Å². The van der Waals surface area contributed by atoms with Crippen molar-refractivity contribution in [1.82, 2.24) is 10.2 Å². The quantitative estimate of drug-likeness (QED) is 0.689. The first-order valence-electron chi connectivity index (χ1n) is 6.81. The number of hydrogen-bond donors (Lipinski definition) is 2. The van der Waals surface area contributed by atoms with E-state index >= 15 is 0 Å². The molecule has 2 heterocycles. The Bertz CT molecular complexity index is 319. The zero-order chi connectivity index (χ0) is 13.3. The van der Waals surface area contributed by atoms with Gasteiger partial charge in [0.1, 0.15) is 6.04 Å². The van der Waals surface area contributed by atoms with E-state index in [-0.39, 0.29) is 29.5 Å². The molecule has 2 aliphatic heterocycles. The van der Waals surface area contributed by atoms with Gasteiger partial charge in [-0.1, -0.05) is 13.8 Å². The van der Waals surface area contributed by atoms with Crippen molar-refractivity contribution in [2.45, 2.75) is 45.4 Å². The van der Waals surface area contributed by atoms with Gasteiger partial charge in [-0.2, -0.15) is 0 Å². The third-order valence-electron chi connectivity index (χ3n) is 4.21. The molecule has 0 aliphatic carbocycles. The minimum atomic E-state index is -0.205. The summed E-state index contributed by atoms with van der Waals surface area (Å²) in [6.45, 7) is 9.14. The van der Waals surface area contributed by atoms with E-state index in [0.717, 1.165) is 26.1 Å². The lowest BCUT2D eigenvalue weighted by Gasteiger charge is -2.44. The van der Waals surface area contributed by atoms with Gasteiger partial charge in [0.2, 0.25) is 5.91 Å². The van der Waals surface area contributed by atoms with Gasteiger partial charge in [0, 0.05) is 25.7 Å². The van der Waals surface area contributed by atoms with Crippen LogP contribution in [0.2, 0.25) is 0 Å². The van der Waals surface area contributed by atoms with Gasteiger partial charge in [0.05, 0.1) is 12.7 Å². The normalized spacial score (nSPS) is 36.4. The molecule has 2 rings (SSSR count). The second-order valence-corrected chi connectivity index (χ2v) is 6.15. The number of nitrogens with one attached hydrogen (secondary N) is 1. The summed E-state index contributed by atoms with van der Waals surface area (Å²) >= 11 is 0. The highest BCUT2D eigenvalue weighted by atomic mass is 16.5. The Kier molecular flexibility index (Phi) is 3.94. The monoisotopic (exact) mass is 255 g/mol. The number of carbonyl (C=O) groups is 1. The fraction of sp³-hybridized carbons (Fsp3) is 0.923. The Morgan fingerprint density at radius 2 is 2.22 bits per heavy atom. The van der Waals surface area contributed by atoms with Crippen LogP contribution in [0.25, 0.3) is 0 Å². The predicted octanol–water partition coefficient (Wildman–Crippen LogP) is -0.0509. The molecule has 3 N–H and O–H groups in total. The zero-order valence-electron chi connectivity index (χ0n) is 11.6. The summed E-state index contributed by atoms with van der Waals surface area (Å²) in [4.78, 5) is 14.4. The summed E-state index contributed by atoms with van der Waals surface area (Å²) in [6, 6.07) is -0.0292. The van der Waals surface area contributed by atoms with Crippen LogP contribution in [0.5, 0.6) is 0 Å². The third kappa shape index (κ3) is 2.68. The molecule has 0 spiro atoms. The molecular weight excluding hydrogens is 230 g/mol. The molecule has 2 fully saturated rings. The van der Waals surface area contributed by atoms with E-state index in [2.05, 4.69) is 19.2 Å². The Hall–Kier alpha value is -0.650. The van der Waals surface area contributed by atoms with Gasteiger partial charge in [-0.15, -0.1) is 0 Å². The van der Waals surface area contributed by atoms with E-state index in [9.17, 15) is 4.79 Å². The summed E-state index contributed by atoms with van der Waals surface area (Å²) in [5.41, 5.74) is 6.10. The van der Waals surface area contributed by atoms with Crippen molar-refractivity contribution >= 4 is 5.91 Å². The van der Waals surface area contributed by atoms with Gasteiger partial charge >= 0.3 is 0 Å². The first kappa shape index (κ1) is 13.8. The van der Waals surface area contributed by atoms with E-state index in [1.54, 1.807) is 0 Å². The molecule has 0 aromatic rings. The van der Waals surface area contributed by atoms with Crippen molar-refractivity contribution in [1.29, 1.82) is 0 Å². The van der Waals surface area contributed by atoms with E-state index < -0.39 is 0 Å². The van der Waals surface area contributed by atoms with E-state index in [1.807, 2.05) is 11.8 Å². The van der Waals surface area contributed by atoms with Crippen molar-refractivity contribution in [3.63, 3.8) is 0 Å². The van der Waals surface area contributed by atoms with Crippen molar-refractivity contribution in [3.8, 4) is 0 Å². The number of ether oxygens (including phenoxy) is 1. The zero-order valence-corrected chi connectivity index (χ0v) is 11.6. The van der Waals surface area contributed by atoms with Crippen LogP contribution >= 0.6 is 0 Å². The molecule has 0 aromatic carbocycles. The molecule has 5 nitrogen and oxygen atoms in total. The van der Waals surface area contributed by atoms with Crippen LogP contribution in [0, 0.1) is 5.41 Å². The van der Waals surface area contributed by atoms with Crippen LogP contribution in [0.3, 0.4) is 0 Å². The van der Waals surface area contributed by atoms with Gasteiger partial charge < -0.3 is 20.7 Å². The van der Waals surface area contributed by atoms with Gasteiger partial charge in [0.25, 0.3) is 0 Å². The highest BCUT2D eigenvalue weighted by Crippen LogP contribution is 2.28. The fourth-order valence-electron chi connectivity index (χ4n) is 2.77. The number of morpholine rings is 1. The second-order valence-electron chi connectivity index (χ2n) is 6.15. The molecule has 1 amide bonds. The Balaban J connectivity index is 2.01. The maximum atomic E-state index is 12.5. The summed E-state index contributed by atoms with van der Waals surface area (Å²) < 4.78 is 5.54. The maximum Gasteiger partial charge on any atom is 0.242 e. The van der Waals surface area contributed by atoms with E-state index in [4.69, 9.17) is 10.5 Å². The molecule has 2 aliphatic rings. The van der Waals surface area contributed by atoms with Crippen LogP contribution in [0.1, 0.15) is 27.2 Å². The molecule has 1 unspecified atom stereocenters. The topological polar surface area (TPSA) is 67.6 Å². The first-order valence-corrected chi connectivity index (χ1v) is 6.81. The Morgan fingerprint density at radius 3 is 2.83 bits per heavy atom. The number of rotatable bonds is 1. The number of amides is 1. The molecule has 0 radical (unpaired) electrons. The molecule has 18 heavy (non-hydrogen) atoms. The van der Waals surface area contributed by atoms with Crippen LogP contribution in [-0.2, 0) is 9.53 Å². The largest absolute Gasteiger partial charge is 0.375 e. The average molecular weight is 255 g/mol. The van der Waals surface area contributed by atoms with E-state index in [0.29, 0.717) is 6.61 Å². The smallest absolute Gasteiger partial charge is 0.242 e. The van der Waals surface area contributed by atoms with Crippen molar-refractivity contribution in [2.75, 3.05) is 26.2 Å². The highest BCUT2D eigenvalue weighted by molar-refractivity contribution is 5.82. The predicted molar refractivity (Wildman–Crippen MR) is 70.2 cm³/mol. The maximum absolute atomic E-state index is 12.5. The van der Waals surface area contributed by atoms with Gasteiger partial charge in [0.15, 0.2) is 0 Å². The lowest BCUT2D eigenvalue weighted by molar-refractivity contribution is -0.142. The van der Waals surface area contributed by atoms with Crippen LogP contribution < -0.4 is 11.1 Å². The lowest BCUT2D eigenvalue weighted by atomic mass is 9.79. The minimum Gasteiger partial charge on any atom is -0.375 e. The van der Waals surface area contributed by atoms with Gasteiger partial charge in [-0.25, -0.2) is 0 Å². The molecule has 0 saturated carbocycles. The summed E-state index contributed by atoms with van der Waals surface area (Å²) in [6.07, 6.45) is 0.825. The molecule has 5 heteroatoms. The number of nitrogens with zero attached hydrogens (tertiary/aromatic N) is 1. The molecule has 0 aromatic heterocycles. The molecular formula is C13H25N3O2. The third-order valence-corrected chi connectivity index (χ3v) is 4.21.